The van der Waals surface area contributed by atoms with Crippen LogP contribution in [0.15, 0.2) is 51.7 Å². The average molecular weight is 371 g/mol. The molecule has 0 unspecified atom stereocenters. The molecule has 2 amide bonds. The molecule has 2 aromatic rings. The number of rotatable bonds is 8. The molecule has 1 aromatic carbocycles. The van der Waals surface area contributed by atoms with Crippen molar-refractivity contribution in [1.29, 1.82) is 0 Å². The van der Waals surface area contributed by atoms with E-state index in [-0.39, 0.29) is 6.54 Å². The summed E-state index contributed by atoms with van der Waals surface area (Å²) in [6.07, 6.45) is 4.82. The van der Waals surface area contributed by atoms with E-state index in [1.807, 2.05) is 6.92 Å². The molecule has 0 aliphatic heterocycles. The van der Waals surface area contributed by atoms with Crippen molar-refractivity contribution in [2.45, 2.75) is 6.92 Å². The predicted octanol–water partition coefficient (Wildman–Crippen LogP) is 2.23. The number of methoxy groups -OCH3 is 2. The van der Waals surface area contributed by atoms with Crippen molar-refractivity contribution in [2.24, 2.45) is 5.10 Å². The van der Waals surface area contributed by atoms with Gasteiger partial charge in [-0.3, -0.25) is 9.59 Å². The summed E-state index contributed by atoms with van der Waals surface area (Å²) in [4.78, 5) is 23.9. The summed E-state index contributed by atoms with van der Waals surface area (Å²) >= 11 is 0. The monoisotopic (exact) mass is 371 g/mol. The van der Waals surface area contributed by atoms with Crippen molar-refractivity contribution < 1.29 is 23.5 Å². The molecule has 142 valence electrons. The minimum atomic E-state index is -0.453. The Morgan fingerprint density at radius 3 is 2.63 bits per heavy atom. The summed E-state index contributed by atoms with van der Waals surface area (Å²) in [5.41, 5.74) is 3.48. The first-order chi connectivity index (χ1) is 13.0. The van der Waals surface area contributed by atoms with Gasteiger partial charge in [0.25, 0.3) is 11.8 Å². The third-order valence-corrected chi connectivity index (χ3v) is 3.43. The summed E-state index contributed by atoms with van der Waals surface area (Å²) in [6, 6.07) is 8.31. The molecular formula is C19H21N3O5. The minimum Gasteiger partial charge on any atom is -0.493 e. The molecule has 1 heterocycles. The van der Waals surface area contributed by atoms with Gasteiger partial charge in [-0.15, -0.1) is 0 Å². The van der Waals surface area contributed by atoms with Crippen LogP contribution >= 0.6 is 0 Å². The summed E-state index contributed by atoms with van der Waals surface area (Å²) in [5, 5.41) is 6.34. The number of hydrazone groups is 1. The summed E-state index contributed by atoms with van der Waals surface area (Å²) in [5.74, 6) is 0.763. The maximum absolute atomic E-state index is 12.1. The second kappa shape index (κ2) is 9.81. The van der Waals surface area contributed by atoms with Gasteiger partial charge in [-0.25, -0.2) is 5.43 Å². The van der Waals surface area contributed by atoms with E-state index in [0.717, 1.165) is 5.57 Å². The summed E-state index contributed by atoms with van der Waals surface area (Å²) in [6.45, 7) is 1.60. The SMILES string of the molecule is COc1ccc(C(=O)NCC(=O)N/N=C/C(C)=C/c2ccco2)cc1OC. The molecule has 8 heteroatoms. The number of ether oxygens (including phenoxy) is 2. The van der Waals surface area contributed by atoms with Gasteiger partial charge in [-0.1, -0.05) is 0 Å². The van der Waals surface area contributed by atoms with E-state index in [1.54, 1.807) is 36.6 Å². The van der Waals surface area contributed by atoms with Crippen LogP contribution in [0.3, 0.4) is 0 Å². The van der Waals surface area contributed by atoms with E-state index >= 15 is 0 Å². The van der Waals surface area contributed by atoms with Crippen molar-refractivity contribution in [1.82, 2.24) is 10.7 Å². The van der Waals surface area contributed by atoms with Crippen molar-refractivity contribution in [2.75, 3.05) is 20.8 Å². The fourth-order valence-corrected chi connectivity index (χ4v) is 2.12. The normalized spacial score (nSPS) is 11.3. The quantitative estimate of drug-likeness (QED) is 0.547. The molecule has 0 bridgehead atoms. The van der Waals surface area contributed by atoms with Crippen molar-refractivity contribution in [3.63, 3.8) is 0 Å². The number of nitrogens with one attached hydrogen (secondary N) is 2. The first-order valence-corrected chi connectivity index (χ1v) is 8.07. The first kappa shape index (κ1) is 19.8. The number of amides is 2. The van der Waals surface area contributed by atoms with Gasteiger partial charge in [0.15, 0.2) is 11.5 Å². The van der Waals surface area contributed by atoms with Crippen molar-refractivity contribution >= 4 is 24.1 Å². The maximum atomic E-state index is 12.1. The van der Waals surface area contributed by atoms with Crippen LogP contribution in [0.2, 0.25) is 0 Å². The van der Waals surface area contributed by atoms with Crippen LogP contribution in [0.25, 0.3) is 6.08 Å². The van der Waals surface area contributed by atoms with Gasteiger partial charge in [-0.05, 0) is 48.9 Å². The number of carbonyl (C=O) groups excluding carboxylic acids is 2. The molecule has 0 aliphatic rings. The molecule has 2 rings (SSSR count). The molecule has 0 atom stereocenters. The lowest BCUT2D eigenvalue weighted by atomic mass is 10.2. The van der Waals surface area contributed by atoms with Crippen LogP contribution < -0.4 is 20.2 Å². The minimum absolute atomic E-state index is 0.217. The maximum Gasteiger partial charge on any atom is 0.259 e. The van der Waals surface area contributed by atoms with Crippen LogP contribution in [0.4, 0.5) is 0 Å². The largest absolute Gasteiger partial charge is 0.493 e. The standard InChI is InChI=1S/C19H21N3O5/c1-13(9-15-5-4-8-27-15)11-21-22-18(23)12-20-19(24)14-6-7-16(25-2)17(10-14)26-3/h4-11H,12H2,1-3H3,(H,20,24)(H,22,23)/b13-9+,21-11+. The predicted molar refractivity (Wildman–Crippen MR) is 101 cm³/mol. The Bertz CT molecular complexity index is 841. The number of allylic oxidation sites excluding steroid dienone is 1. The molecule has 0 fully saturated rings. The van der Waals surface area contributed by atoms with E-state index in [4.69, 9.17) is 13.9 Å². The van der Waals surface area contributed by atoms with Crippen LogP contribution in [0, 0.1) is 0 Å². The second-order valence-electron chi connectivity index (χ2n) is 5.45. The Hall–Kier alpha value is -3.55. The fraction of sp³-hybridized carbons (Fsp3) is 0.211. The molecular weight excluding hydrogens is 350 g/mol. The number of nitrogens with zero attached hydrogens (tertiary/aromatic N) is 1. The third-order valence-electron chi connectivity index (χ3n) is 3.43. The lowest BCUT2D eigenvalue weighted by molar-refractivity contribution is -0.120. The molecule has 0 saturated carbocycles. The van der Waals surface area contributed by atoms with E-state index in [2.05, 4.69) is 15.8 Å². The number of carbonyl (C=O) groups is 2. The lowest BCUT2D eigenvalue weighted by Crippen LogP contribution is -2.34. The van der Waals surface area contributed by atoms with Gasteiger partial charge >= 0.3 is 0 Å². The molecule has 0 saturated heterocycles. The zero-order chi connectivity index (χ0) is 19.6. The number of benzene rings is 1. The van der Waals surface area contributed by atoms with Crippen LogP contribution in [-0.4, -0.2) is 38.8 Å². The molecule has 0 spiro atoms. The fourth-order valence-electron chi connectivity index (χ4n) is 2.12. The van der Waals surface area contributed by atoms with Gasteiger partial charge in [0.2, 0.25) is 0 Å². The summed E-state index contributed by atoms with van der Waals surface area (Å²) in [7, 11) is 2.99. The van der Waals surface area contributed by atoms with Crippen LogP contribution in [0.5, 0.6) is 11.5 Å². The summed E-state index contributed by atoms with van der Waals surface area (Å²) < 4.78 is 15.4. The highest BCUT2D eigenvalue weighted by Crippen LogP contribution is 2.27. The van der Waals surface area contributed by atoms with Gasteiger partial charge < -0.3 is 19.2 Å². The number of hydrogen-bond donors (Lipinski definition) is 2. The van der Waals surface area contributed by atoms with Crippen LogP contribution in [-0.2, 0) is 4.79 Å². The average Bonchev–Trinajstić information content (AvgIpc) is 3.18. The van der Waals surface area contributed by atoms with Gasteiger partial charge in [-0.2, -0.15) is 5.10 Å². The molecule has 1 aromatic heterocycles. The Kier molecular flexibility index (Phi) is 7.18. The Morgan fingerprint density at radius 1 is 1.19 bits per heavy atom. The second-order valence-corrected chi connectivity index (χ2v) is 5.45. The van der Waals surface area contributed by atoms with E-state index < -0.39 is 11.8 Å². The highest BCUT2D eigenvalue weighted by atomic mass is 16.5. The molecule has 27 heavy (non-hydrogen) atoms. The van der Waals surface area contributed by atoms with Crippen molar-refractivity contribution in [3.8, 4) is 11.5 Å². The Morgan fingerprint density at radius 2 is 1.96 bits per heavy atom. The highest BCUT2D eigenvalue weighted by molar-refractivity contribution is 5.97. The molecule has 8 nitrogen and oxygen atoms in total. The van der Waals surface area contributed by atoms with E-state index in [0.29, 0.717) is 22.8 Å². The molecule has 2 N–H and O–H groups in total. The Balaban J connectivity index is 1.83. The smallest absolute Gasteiger partial charge is 0.259 e. The first-order valence-electron chi connectivity index (χ1n) is 8.07. The topological polar surface area (TPSA) is 102 Å². The van der Waals surface area contributed by atoms with Gasteiger partial charge in [0.1, 0.15) is 5.76 Å². The number of furan rings is 1. The van der Waals surface area contributed by atoms with E-state index in [9.17, 15) is 9.59 Å². The lowest BCUT2D eigenvalue weighted by Gasteiger charge is -2.09. The van der Waals surface area contributed by atoms with Gasteiger partial charge in [0, 0.05) is 5.56 Å². The Labute approximate surface area is 156 Å². The zero-order valence-corrected chi connectivity index (χ0v) is 15.3. The molecule has 0 radical (unpaired) electrons. The zero-order valence-electron chi connectivity index (χ0n) is 15.3. The highest BCUT2D eigenvalue weighted by Gasteiger charge is 2.11. The van der Waals surface area contributed by atoms with Crippen LogP contribution in [0.1, 0.15) is 23.0 Å². The van der Waals surface area contributed by atoms with Gasteiger partial charge in [0.05, 0.1) is 33.2 Å². The number of hydrogen-bond acceptors (Lipinski definition) is 6. The third kappa shape index (κ3) is 6.03. The van der Waals surface area contributed by atoms with Crippen molar-refractivity contribution in [3.05, 3.63) is 53.5 Å². The molecule has 0 aliphatic carbocycles. The van der Waals surface area contributed by atoms with E-state index in [1.165, 1.54) is 26.5 Å².